The number of rotatable bonds is 3. The summed E-state index contributed by atoms with van der Waals surface area (Å²) in [6, 6.07) is 12.1. The summed E-state index contributed by atoms with van der Waals surface area (Å²) >= 11 is 0. The van der Waals surface area contributed by atoms with Gasteiger partial charge < -0.3 is 15.0 Å². The highest BCUT2D eigenvalue weighted by Gasteiger charge is 2.19. The lowest BCUT2D eigenvalue weighted by atomic mass is 10.2. The normalized spacial score (nSPS) is 14.4. The molecule has 6 nitrogen and oxygen atoms in total. The first-order valence-corrected chi connectivity index (χ1v) is 8.79. The zero-order valence-electron chi connectivity index (χ0n) is 14.9. The predicted molar refractivity (Wildman–Crippen MR) is 102 cm³/mol. The summed E-state index contributed by atoms with van der Waals surface area (Å²) in [5.41, 5.74) is 2.75. The van der Waals surface area contributed by atoms with Crippen molar-refractivity contribution in [2.24, 2.45) is 0 Å². The van der Waals surface area contributed by atoms with Crippen molar-refractivity contribution in [2.75, 3.05) is 36.5 Å². The molecule has 0 aliphatic carbocycles. The molecule has 1 aliphatic heterocycles. The van der Waals surface area contributed by atoms with Gasteiger partial charge >= 0.3 is 0 Å². The lowest BCUT2D eigenvalue weighted by molar-refractivity contribution is 0.102. The van der Waals surface area contributed by atoms with E-state index < -0.39 is 0 Å². The number of carbonyl (C=O) groups is 1. The predicted octanol–water partition coefficient (Wildman–Crippen LogP) is 3.17. The summed E-state index contributed by atoms with van der Waals surface area (Å²) in [7, 11) is 0. The van der Waals surface area contributed by atoms with Crippen molar-refractivity contribution >= 4 is 28.3 Å². The Hall–Kier alpha value is -3.06. The first-order chi connectivity index (χ1) is 13.1. The standard InChI is InChI=1S/C20H19FN4O2/c1-13-19(20(26)23-14-5-3-2-4-6-14)24-16-11-15(21)18(12-17(16)22-13)25-7-9-27-10-8-25/h2-6,11-12H,7-10H2,1H3,(H,23,26). The average Bonchev–Trinajstić information content (AvgIpc) is 2.69. The fourth-order valence-electron chi connectivity index (χ4n) is 3.13. The molecule has 0 bridgehead atoms. The Labute approximate surface area is 156 Å². The number of anilines is 2. The van der Waals surface area contributed by atoms with E-state index in [1.807, 2.05) is 23.1 Å². The molecule has 0 spiro atoms. The number of fused-ring (bicyclic) bond motifs is 1. The number of halogens is 1. The monoisotopic (exact) mass is 366 g/mol. The molecule has 1 N–H and O–H groups in total. The van der Waals surface area contributed by atoms with Crippen LogP contribution in [-0.2, 0) is 4.74 Å². The fraction of sp³-hybridized carbons (Fsp3) is 0.250. The number of carbonyl (C=O) groups excluding carboxylic acids is 1. The quantitative estimate of drug-likeness (QED) is 0.771. The van der Waals surface area contributed by atoms with Crippen molar-refractivity contribution in [1.82, 2.24) is 9.97 Å². The Morgan fingerprint density at radius 1 is 1.11 bits per heavy atom. The van der Waals surface area contributed by atoms with E-state index in [9.17, 15) is 9.18 Å². The van der Waals surface area contributed by atoms with E-state index in [0.29, 0.717) is 54.4 Å². The summed E-state index contributed by atoms with van der Waals surface area (Å²) in [5.74, 6) is -0.747. The topological polar surface area (TPSA) is 67.3 Å². The van der Waals surface area contributed by atoms with Gasteiger partial charge in [0.25, 0.3) is 5.91 Å². The number of aromatic nitrogens is 2. The second kappa shape index (κ2) is 7.28. The van der Waals surface area contributed by atoms with E-state index in [1.54, 1.807) is 25.1 Å². The minimum absolute atomic E-state index is 0.185. The molecule has 1 aromatic heterocycles. The van der Waals surface area contributed by atoms with E-state index in [-0.39, 0.29) is 17.4 Å². The third-order valence-electron chi connectivity index (χ3n) is 4.51. The van der Waals surface area contributed by atoms with Gasteiger partial charge in [0, 0.05) is 24.8 Å². The van der Waals surface area contributed by atoms with E-state index in [0.717, 1.165) is 0 Å². The van der Waals surface area contributed by atoms with Crippen LogP contribution in [0.25, 0.3) is 11.0 Å². The minimum atomic E-state index is -0.378. The van der Waals surface area contributed by atoms with Crippen LogP contribution in [0.5, 0.6) is 0 Å². The number of para-hydroxylation sites is 1. The molecule has 2 aromatic carbocycles. The molecule has 2 heterocycles. The molecular formula is C20H19FN4O2. The number of hydrogen-bond donors (Lipinski definition) is 1. The fourth-order valence-corrected chi connectivity index (χ4v) is 3.13. The van der Waals surface area contributed by atoms with E-state index in [4.69, 9.17) is 4.74 Å². The van der Waals surface area contributed by atoms with Crippen molar-refractivity contribution < 1.29 is 13.9 Å². The van der Waals surface area contributed by atoms with Gasteiger partial charge in [-0.05, 0) is 25.1 Å². The van der Waals surface area contributed by atoms with E-state index in [1.165, 1.54) is 6.07 Å². The lowest BCUT2D eigenvalue weighted by Crippen LogP contribution is -2.36. The van der Waals surface area contributed by atoms with Crippen LogP contribution in [0.2, 0.25) is 0 Å². The van der Waals surface area contributed by atoms with E-state index >= 15 is 0 Å². The molecular weight excluding hydrogens is 347 g/mol. The lowest BCUT2D eigenvalue weighted by Gasteiger charge is -2.29. The van der Waals surface area contributed by atoms with Gasteiger partial charge in [0.2, 0.25) is 0 Å². The molecule has 1 fully saturated rings. The number of nitrogens with one attached hydrogen (secondary N) is 1. The van der Waals surface area contributed by atoms with Crippen molar-refractivity contribution in [2.45, 2.75) is 6.92 Å². The van der Waals surface area contributed by atoms with Crippen LogP contribution in [-0.4, -0.2) is 42.2 Å². The van der Waals surface area contributed by atoms with Crippen LogP contribution < -0.4 is 10.2 Å². The van der Waals surface area contributed by atoms with Crippen LogP contribution >= 0.6 is 0 Å². The van der Waals surface area contributed by atoms with Gasteiger partial charge in [-0.1, -0.05) is 18.2 Å². The molecule has 0 atom stereocenters. The first-order valence-electron chi connectivity index (χ1n) is 8.79. The molecule has 1 aliphatic rings. The van der Waals surface area contributed by atoms with Crippen molar-refractivity contribution in [1.29, 1.82) is 0 Å². The Morgan fingerprint density at radius 3 is 2.56 bits per heavy atom. The van der Waals surface area contributed by atoms with Crippen molar-refractivity contribution in [3.05, 3.63) is 59.7 Å². The average molecular weight is 366 g/mol. The van der Waals surface area contributed by atoms with Gasteiger partial charge in [-0.2, -0.15) is 0 Å². The smallest absolute Gasteiger partial charge is 0.276 e. The highest BCUT2D eigenvalue weighted by Crippen LogP contribution is 2.26. The zero-order chi connectivity index (χ0) is 18.8. The number of hydrogen-bond acceptors (Lipinski definition) is 5. The number of morpholine rings is 1. The van der Waals surface area contributed by atoms with Gasteiger partial charge in [0.05, 0.1) is 35.6 Å². The maximum Gasteiger partial charge on any atom is 0.276 e. The Balaban J connectivity index is 1.68. The Bertz CT molecular complexity index is 988. The second-order valence-corrected chi connectivity index (χ2v) is 6.37. The molecule has 0 radical (unpaired) electrons. The van der Waals surface area contributed by atoms with Gasteiger partial charge in [-0.25, -0.2) is 14.4 Å². The molecule has 7 heteroatoms. The summed E-state index contributed by atoms with van der Waals surface area (Å²) in [5, 5.41) is 2.78. The van der Waals surface area contributed by atoms with Gasteiger partial charge in [0.1, 0.15) is 11.5 Å². The molecule has 4 rings (SSSR count). The third kappa shape index (κ3) is 3.59. The van der Waals surface area contributed by atoms with Crippen LogP contribution in [0.4, 0.5) is 15.8 Å². The Kier molecular flexibility index (Phi) is 4.68. The molecule has 3 aromatic rings. The van der Waals surface area contributed by atoms with E-state index in [2.05, 4.69) is 15.3 Å². The SMILES string of the molecule is Cc1nc2cc(N3CCOCC3)c(F)cc2nc1C(=O)Nc1ccccc1. The summed E-state index contributed by atoms with van der Waals surface area (Å²) < 4.78 is 20.0. The minimum Gasteiger partial charge on any atom is -0.378 e. The van der Waals surface area contributed by atoms with Crippen LogP contribution in [0.3, 0.4) is 0 Å². The third-order valence-corrected chi connectivity index (χ3v) is 4.51. The molecule has 0 saturated carbocycles. The largest absolute Gasteiger partial charge is 0.378 e. The first kappa shape index (κ1) is 17.4. The number of amides is 1. The number of nitrogens with zero attached hydrogens (tertiary/aromatic N) is 3. The Morgan fingerprint density at radius 2 is 1.81 bits per heavy atom. The molecule has 1 saturated heterocycles. The molecule has 1 amide bonds. The summed E-state index contributed by atoms with van der Waals surface area (Å²) in [6.45, 7) is 4.13. The molecule has 0 unspecified atom stereocenters. The van der Waals surface area contributed by atoms with Gasteiger partial charge in [-0.15, -0.1) is 0 Å². The molecule has 138 valence electrons. The summed E-state index contributed by atoms with van der Waals surface area (Å²) in [6.07, 6.45) is 0. The highest BCUT2D eigenvalue weighted by atomic mass is 19.1. The maximum atomic E-state index is 14.6. The second-order valence-electron chi connectivity index (χ2n) is 6.37. The number of aryl methyl sites for hydroxylation is 1. The van der Waals surface area contributed by atoms with Crippen LogP contribution in [0.1, 0.15) is 16.2 Å². The maximum absolute atomic E-state index is 14.6. The van der Waals surface area contributed by atoms with Gasteiger partial charge in [-0.3, -0.25) is 4.79 Å². The van der Waals surface area contributed by atoms with Crippen LogP contribution in [0.15, 0.2) is 42.5 Å². The molecule has 27 heavy (non-hydrogen) atoms. The zero-order valence-corrected chi connectivity index (χ0v) is 14.9. The highest BCUT2D eigenvalue weighted by molar-refractivity contribution is 6.04. The number of ether oxygens (including phenoxy) is 1. The summed E-state index contributed by atoms with van der Waals surface area (Å²) in [4.78, 5) is 23.3. The van der Waals surface area contributed by atoms with Gasteiger partial charge in [0.15, 0.2) is 0 Å². The van der Waals surface area contributed by atoms with Crippen LogP contribution in [0, 0.1) is 12.7 Å². The number of benzene rings is 2. The van der Waals surface area contributed by atoms with Crippen molar-refractivity contribution in [3.63, 3.8) is 0 Å². The van der Waals surface area contributed by atoms with Crippen molar-refractivity contribution in [3.8, 4) is 0 Å².